The van der Waals surface area contributed by atoms with Crippen molar-refractivity contribution in [3.05, 3.63) is 24.3 Å². The third-order valence-electron chi connectivity index (χ3n) is 3.37. The number of rotatable bonds is 5. The quantitative estimate of drug-likeness (QED) is 0.790. The monoisotopic (exact) mass is 361 g/mol. The number of carbonyl (C=O) groups excluding carboxylic acids is 2. The van der Waals surface area contributed by atoms with E-state index in [1.165, 1.54) is 24.3 Å². The summed E-state index contributed by atoms with van der Waals surface area (Å²) in [6.45, 7) is 3.06. The minimum Gasteiger partial charge on any atom is -0.341 e. The molecule has 1 aromatic carbocycles. The summed E-state index contributed by atoms with van der Waals surface area (Å²) in [5.74, 6) is -0.00859. The molecule has 1 aliphatic heterocycles. The van der Waals surface area contributed by atoms with Gasteiger partial charge in [-0.15, -0.1) is 0 Å². The van der Waals surface area contributed by atoms with E-state index in [9.17, 15) is 22.8 Å². The van der Waals surface area contributed by atoms with E-state index in [4.69, 9.17) is 0 Å². The summed E-state index contributed by atoms with van der Waals surface area (Å²) in [5.41, 5.74) is -4.12. The number of benzene rings is 1. The molecule has 132 valence electrons. The van der Waals surface area contributed by atoms with E-state index < -0.39 is 11.5 Å². The van der Waals surface area contributed by atoms with Crippen LogP contribution < -0.4 is 10.6 Å². The van der Waals surface area contributed by atoms with Crippen LogP contribution in [0.25, 0.3) is 0 Å². The number of urea groups is 1. The van der Waals surface area contributed by atoms with Crippen LogP contribution in [0.2, 0.25) is 0 Å². The molecule has 3 amide bonds. The lowest BCUT2D eigenvalue weighted by atomic mass is 10.2. The number of halogens is 3. The number of nitrogens with one attached hydrogen (secondary N) is 2. The van der Waals surface area contributed by atoms with Crippen molar-refractivity contribution < 1.29 is 22.8 Å². The maximum absolute atomic E-state index is 12.4. The van der Waals surface area contributed by atoms with Gasteiger partial charge in [0.15, 0.2) is 0 Å². The zero-order chi connectivity index (χ0) is 17.7. The number of alkyl halides is 3. The van der Waals surface area contributed by atoms with E-state index in [-0.39, 0.29) is 40.7 Å². The van der Waals surface area contributed by atoms with Crippen LogP contribution in [0.5, 0.6) is 0 Å². The molecule has 0 aromatic heterocycles. The second-order valence-electron chi connectivity index (χ2n) is 5.41. The van der Waals surface area contributed by atoms with Gasteiger partial charge in [-0.1, -0.05) is 13.0 Å². The predicted octanol–water partition coefficient (Wildman–Crippen LogP) is 3.43. The van der Waals surface area contributed by atoms with Crippen LogP contribution in [-0.4, -0.2) is 41.5 Å². The van der Waals surface area contributed by atoms with Gasteiger partial charge in [-0.2, -0.15) is 13.2 Å². The van der Waals surface area contributed by atoms with Crippen molar-refractivity contribution in [3.8, 4) is 0 Å². The summed E-state index contributed by atoms with van der Waals surface area (Å²) >= 11 is -0.242. The molecule has 2 rings (SSSR count). The lowest BCUT2D eigenvalue weighted by molar-refractivity contribution is -0.127. The second-order valence-corrected chi connectivity index (χ2v) is 6.55. The summed E-state index contributed by atoms with van der Waals surface area (Å²) in [6.07, 6.45) is 1.08. The number of anilines is 1. The number of thioether (sulfide) groups is 1. The average molecular weight is 361 g/mol. The Morgan fingerprint density at radius 2 is 2.17 bits per heavy atom. The van der Waals surface area contributed by atoms with Crippen LogP contribution >= 0.6 is 11.8 Å². The maximum atomic E-state index is 12.4. The minimum atomic E-state index is -4.38. The number of carbonyl (C=O) groups is 2. The molecule has 1 heterocycles. The van der Waals surface area contributed by atoms with Crippen LogP contribution in [0, 0.1) is 0 Å². The first kappa shape index (κ1) is 18.4. The van der Waals surface area contributed by atoms with Gasteiger partial charge in [0.2, 0.25) is 5.91 Å². The van der Waals surface area contributed by atoms with E-state index in [1.807, 2.05) is 6.92 Å². The smallest absolute Gasteiger partial charge is 0.341 e. The van der Waals surface area contributed by atoms with Crippen molar-refractivity contribution in [2.45, 2.75) is 36.2 Å². The summed E-state index contributed by atoms with van der Waals surface area (Å²) < 4.78 is 37.1. The molecule has 0 aliphatic carbocycles. The van der Waals surface area contributed by atoms with Gasteiger partial charge in [0.1, 0.15) is 0 Å². The van der Waals surface area contributed by atoms with Crippen LogP contribution in [0.15, 0.2) is 29.2 Å². The van der Waals surface area contributed by atoms with Crippen LogP contribution in [0.1, 0.15) is 19.8 Å². The molecule has 0 radical (unpaired) electrons. The fourth-order valence-corrected chi connectivity index (χ4v) is 3.08. The Hall–Kier alpha value is -1.90. The number of likely N-dealkylation sites (tertiary alicyclic amines) is 1. The van der Waals surface area contributed by atoms with Crippen molar-refractivity contribution in [3.63, 3.8) is 0 Å². The molecular weight excluding hydrogens is 343 g/mol. The van der Waals surface area contributed by atoms with Crippen LogP contribution in [-0.2, 0) is 4.79 Å². The molecule has 1 aliphatic rings. The Morgan fingerprint density at radius 3 is 2.83 bits per heavy atom. The van der Waals surface area contributed by atoms with E-state index in [2.05, 4.69) is 10.6 Å². The Labute approximate surface area is 142 Å². The van der Waals surface area contributed by atoms with Gasteiger partial charge in [0.05, 0.1) is 6.04 Å². The molecule has 0 spiro atoms. The van der Waals surface area contributed by atoms with E-state index in [0.717, 1.165) is 6.42 Å². The largest absolute Gasteiger partial charge is 0.446 e. The summed E-state index contributed by atoms with van der Waals surface area (Å²) in [6, 6.07) is 4.67. The molecule has 1 saturated heterocycles. The van der Waals surface area contributed by atoms with Crippen molar-refractivity contribution >= 4 is 29.4 Å². The number of nitrogens with zero attached hydrogens (tertiary/aromatic N) is 1. The topological polar surface area (TPSA) is 61.4 Å². The summed E-state index contributed by atoms with van der Waals surface area (Å²) in [4.78, 5) is 25.4. The Kier molecular flexibility index (Phi) is 5.98. The highest BCUT2D eigenvalue weighted by molar-refractivity contribution is 8.00. The van der Waals surface area contributed by atoms with Gasteiger partial charge >= 0.3 is 11.5 Å². The van der Waals surface area contributed by atoms with Crippen molar-refractivity contribution in [2.75, 3.05) is 18.4 Å². The maximum Gasteiger partial charge on any atom is 0.446 e. The predicted molar refractivity (Wildman–Crippen MR) is 85.8 cm³/mol. The van der Waals surface area contributed by atoms with Crippen LogP contribution in [0.4, 0.5) is 23.7 Å². The molecule has 1 fully saturated rings. The third-order valence-corrected chi connectivity index (χ3v) is 4.09. The molecule has 2 N–H and O–H groups in total. The van der Waals surface area contributed by atoms with Gasteiger partial charge in [-0.25, -0.2) is 4.79 Å². The molecule has 1 aromatic rings. The van der Waals surface area contributed by atoms with Gasteiger partial charge in [0.25, 0.3) is 0 Å². The van der Waals surface area contributed by atoms with E-state index in [1.54, 1.807) is 4.90 Å². The Morgan fingerprint density at radius 1 is 1.42 bits per heavy atom. The number of hydrogen-bond acceptors (Lipinski definition) is 3. The highest BCUT2D eigenvalue weighted by atomic mass is 32.2. The Bertz CT molecular complexity index is 610. The minimum absolute atomic E-state index is 0.00859. The molecule has 1 atom stereocenters. The molecule has 0 saturated carbocycles. The first-order valence-corrected chi connectivity index (χ1v) is 8.29. The fourth-order valence-electron chi connectivity index (χ4n) is 2.48. The second kappa shape index (κ2) is 7.78. The highest BCUT2D eigenvalue weighted by Gasteiger charge is 2.30. The van der Waals surface area contributed by atoms with E-state index >= 15 is 0 Å². The standard InChI is InChI=1S/C15H18F3N3O2S/c1-2-6-21-9-11(8-13(21)22)20-14(23)19-10-4-3-5-12(7-10)24-15(16,17)18/h3-5,7,11H,2,6,8-9H2,1H3,(H2,19,20,23). The van der Waals surface area contributed by atoms with Gasteiger partial charge < -0.3 is 15.5 Å². The third kappa shape index (κ3) is 5.63. The summed E-state index contributed by atoms with van der Waals surface area (Å²) in [7, 11) is 0. The molecule has 5 nitrogen and oxygen atoms in total. The SMILES string of the molecule is CCCN1CC(NC(=O)Nc2cccc(SC(F)(F)F)c2)CC1=O. The molecule has 9 heteroatoms. The lowest BCUT2D eigenvalue weighted by Crippen LogP contribution is -2.39. The number of hydrogen-bond donors (Lipinski definition) is 2. The van der Waals surface area contributed by atoms with E-state index in [0.29, 0.717) is 13.1 Å². The molecular formula is C15H18F3N3O2S. The van der Waals surface area contributed by atoms with Crippen molar-refractivity contribution in [1.29, 1.82) is 0 Å². The molecule has 0 bridgehead atoms. The zero-order valence-corrected chi connectivity index (χ0v) is 13.8. The first-order valence-electron chi connectivity index (χ1n) is 7.48. The highest BCUT2D eigenvalue weighted by Crippen LogP contribution is 2.37. The molecule has 24 heavy (non-hydrogen) atoms. The normalized spacial score (nSPS) is 17.9. The lowest BCUT2D eigenvalue weighted by Gasteiger charge is -2.16. The van der Waals surface area contributed by atoms with Crippen LogP contribution in [0.3, 0.4) is 0 Å². The van der Waals surface area contributed by atoms with Crippen molar-refractivity contribution in [1.82, 2.24) is 10.2 Å². The van der Waals surface area contributed by atoms with Gasteiger partial charge in [-0.3, -0.25) is 4.79 Å². The van der Waals surface area contributed by atoms with Gasteiger partial charge in [0, 0.05) is 30.1 Å². The van der Waals surface area contributed by atoms with Gasteiger partial charge in [-0.05, 0) is 36.4 Å². The zero-order valence-electron chi connectivity index (χ0n) is 13.0. The number of amides is 3. The first-order chi connectivity index (χ1) is 11.3. The average Bonchev–Trinajstić information content (AvgIpc) is 2.77. The fraction of sp³-hybridized carbons (Fsp3) is 0.467. The van der Waals surface area contributed by atoms with Crippen molar-refractivity contribution in [2.24, 2.45) is 0 Å². The molecule has 1 unspecified atom stereocenters. The Balaban J connectivity index is 1.89. The summed E-state index contributed by atoms with van der Waals surface area (Å²) in [5, 5.41) is 5.17.